The normalized spacial score (nSPS) is 16.3. The number of aromatic nitrogens is 1. The number of hydrogen-bond donors (Lipinski definition) is 2. The first-order valence-electron chi connectivity index (χ1n) is 9.29. The molecule has 1 saturated heterocycles. The van der Waals surface area contributed by atoms with Crippen LogP contribution in [0.15, 0.2) is 57.9 Å². The molecule has 2 aromatic carbocycles. The highest BCUT2D eigenvalue weighted by molar-refractivity contribution is 7.89. The van der Waals surface area contributed by atoms with E-state index in [0.717, 1.165) is 5.69 Å². The van der Waals surface area contributed by atoms with E-state index in [2.05, 4.69) is 16.0 Å². The van der Waals surface area contributed by atoms with Gasteiger partial charge in [0.1, 0.15) is 4.90 Å². The van der Waals surface area contributed by atoms with Gasteiger partial charge in [-0.15, -0.1) is 4.99 Å². The quantitative estimate of drug-likeness (QED) is 0.446. The van der Waals surface area contributed by atoms with E-state index in [1.54, 1.807) is 25.2 Å². The minimum Gasteiger partial charge on any atom is -0.353 e. The van der Waals surface area contributed by atoms with Crippen molar-refractivity contribution in [3.63, 3.8) is 0 Å². The third kappa shape index (κ3) is 4.11. The highest BCUT2D eigenvalue weighted by atomic mass is 32.2. The lowest BCUT2D eigenvalue weighted by Gasteiger charge is -2.30. The summed E-state index contributed by atoms with van der Waals surface area (Å²) in [5.41, 5.74) is 3.52. The van der Waals surface area contributed by atoms with Crippen LogP contribution in [0.5, 0.6) is 0 Å². The van der Waals surface area contributed by atoms with Crippen LogP contribution >= 0.6 is 0 Å². The van der Waals surface area contributed by atoms with E-state index in [4.69, 9.17) is 14.4 Å². The maximum atomic E-state index is 13.2. The maximum absolute atomic E-state index is 13.2. The van der Waals surface area contributed by atoms with Crippen molar-refractivity contribution in [1.82, 2.24) is 14.9 Å². The number of sulfonamides is 1. The Balaban J connectivity index is 1.57. The molecule has 4 rings (SSSR count). The summed E-state index contributed by atoms with van der Waals surface area (Å²) in [5.74, 6) is 0.472. The van der Waals surface area contributed by atoms with Gasteiger partial charge in [-0.2, -0.15) is 9.79 Å². The average Bonchev–Trinajstić information content (AvgIpc) is 3.16. The molecule has 1 aliphatic heterocycles. The third-order valence-corrected chi connectivity index (χ3v) is 6.71. The molecule has 2 heterocycles. The van der Waals surface area contributed by atoms with Gasteiger partial charge in [0.15, 0.2) is 11.4 Å². The number of piperidine rings is 1. The fraction of sp³-hybridized carbons (Fsp3) is 0.316. The van der Waals surface area contributed by atoms with Crippen molar-refractivity contribution < 1.29 is 22.8 Å². The van der Waals surface area contributed by atoms with Crippen LogP contribution in [0.4, 0.5) is 11.5 Å². The summed E-state index contributed by atoms with van der Waals surface area (Å²) < 4.78 is 33.3. The maximum Gasteiger partial charge on any atom is 0.246 e. The van der Waals surface area contributed by atoms with E-state index < -0.39 is 10.0 Å². The van der Waals surface area contributed by atoms with Crippen molar-refractivity contribution in [1.29, 1.82) is 0 Å². The molecule has 0 atom stereocenters. The van der Waals surface area contributed by atoms with Crippen LogP contribution in [0, 0.1) is 0 Å². The summed E-state index contributed by atoms with van der Waals surface area (Å²) >= 11 is 0. The second-order valence-electron chi connectivity index (χ2n) is 6.64. The Morgan fingerprint density at radius 3 is 2.59 bits per heavy atom. The predicted molar refractivity (Wildman–Crippen MR) is 107 cm³/mol. The Bertz CT molecular complexity index is 1060. The SMILES string of the molecule is CNOOC1CCN(S(=O)(=O)c2cccc3c(Nc4ccccc4)noc23)CC1. The first kappa shape index (κ1) is 19.8. The van der Waals surface area contributed by atoms with Gasteiger partial charge < -0.3 is 9.84 Å². The van der Waals surface area contributed by atoms with Gasteiger partial charge in [-0.25, -0.2) is 13.3 Å². The number of para-hydroxylation sites is 2. The number of nitrogens with zero attached hydrogens (tertiary/aromatic N) is 2. The lowest BCUT2D eigenvalue weighted by molar-refractivity contribution is -0.361. The Kier molecular flexibility index (Phi) is 5.79. The number of rotatable bonds is 7. The van der Waals surface area contributed by atoms with Crippen LogP contribution in [0.1, 0.15) is 12.8 Å². The molecule has 0 amide bonds. The molecule has 0 saturated carbocycles. The molecule has 0 spiro atoms. The summed E-state index contributed by atoms with van der Waals surface area (Å²) in [6.45, 7) is 0.666. The van der Waals surface area contributed by atoms with Crippen LogP contribution in [0.25, 0.3) is 11.0 Å². The van der Waals surface area contributed by atoms with Crippen LogP contribution in [0.3, 0.4) is 0 Å². The minimum atomic E-state index is -3.73. The smallest absolute Gasteiger partial charge is 0.246 e. The fourth-order valence-corrected chi connectivity index (χ4v) is 4.91. The van der Waals surface area contributed by atoms with Crippen LogP contribution < -0.4 is 10.8 Å². The molecule has 0 bridgehead atoms. The standard InChI is InChI=1S/C19H22N4O5S/c1-20-28-27-15-10-12-23(13-11-15)29(24,25)17-9-5-8-16-18(17)26-22-19(16)21-14-6-3-2-4-7-14/h2-9,15,20H,10-13H2,1H3,(H,21,22). The topological polar surface area (TPSA) is 106 Å². The largest absolute Gasteiger partial charge is 0.353 e. The molecule has 0 aliphatic carbocycles. The van der Waals surface area contributed by atoms with Gasteiger partial charge in [0.2, 0.25) is 10.0 Å². The van der Waals surface area contributed by atoms with Gasteiger partial charge in [-0.1, -0.05) is 29.4 Å². The molecule has 2 N–H and O–H groups in total. The fourth-order valence-electron chi connectivity index (χ4n) is 3.31. The van der Waals surface area contributed by atoms with Gasteiger partial charge in [0.05, 0.1) is 11.5 Å². The van der Waals surface area contributed by atoms with Gasteiger partial charge in [0, 0.05) is 25.8 Å². The predicted octanol–water partition coefficient (Wildman–Crippen LogP) is 2.81. The van der Waals surface area contributed by atoms with Crippen molar-refractivity contribution in [2.75, 3.05) is 25.5 Å². The molecule has 10 heteroatoms. The molecule has 1 fully saturated rings. The van der Waals surface area contributed by atoms with E-state index in [9.17, 15) is 8.42 Å². The molecule has 0 radical (unpaired) electrons. The van der Waals surface area contributed by atoms with Crippen molar-refractivity contribution in [2.45, 2.75) is 23.8 Å². The molecule has 154 valence electrons. The van der Waals surface area contributed by atoms with Crippen LogP contribution in [-0.4, -0.2) is 44.1 Å². The van der Waals surface area contributed by atoms with Gasteiger partial charge in [-0.05, 0) is 37.1 Å². The summed E-state index contributed by atoms with van der Waals surface area (Å²) in [4.78, 5) is 10.0. The van der Waals surface area contributed by atoms with Crippen LogP contribution in [-0.2, 0) is 19.9 Å². The average molecular weight is 418 g/mol. The number of nitrogens with one attached hydrogen (secondary N) is 2. The lowest BCUT2D eigenvalue weighted by Crippen LogP contribution is -2.41. The molecule has 9 nitrogen and oxygen atoms in total. The van der Waals surface area contributed by atoms with Crippen LogP contribution in [0.2, 0.25) is 0 Å². The van der Waals surface area contributed by atoms with Crippen molar-refractivity contribution in [2.24, 2.45) is 0 Å². The Labute approximate surface area is 168 Å². The Morgan fingerprint density at radius 2 is 1.86 bits per heavy atom. The second kappa shape index (κ2) is 8.47. The van der Waals surface area contributed by atoms with Gasteiger partial charge in [-0.3, -0.25) is 0 Å². The molecule has 3 aromatic rings. The lowest BCUT2D eigenvalue weighted by atomic mass is 10.1. The number of fused-ring (bicyclic) bond motifs is 1. The van der Waals surface area contributed by atoms with Crippen molar-refractivity contribution >= 4 is 32.5 Å². The first-order valence-corrected chi connectivity index (χ1v) is 10.7. The molecule has 0 unspecified atom stereocenters. The molecule has 1 aromatic heterocycles. The highest BCUT2D eigenvalue weighted by Gasteiger charge is 2.32. The number of hydrogen-bond acceptors (Lipinski definition) is 8. The van der Waals surface area contributed by atoms with E-state index in [0.29, 0.717) is 37.1 Å². The molecular formula is C19H22N4O5S. The summed E-state index contributed by atoms with van der Waals surface area (Å²) in [6, 6.07) is 14.5. The first-order chi connectivity index (χ1) is 14.1. The highest BCUT2D eigenvalue weighted by Crippen LogP contribution is 2.32. The Morgan fingerprint density at radius 1 is 1.10 bits per heavy atom. The third-order valence-electron chi connectivity index (χ3n) is 4.79. The Hall–Kier alpha value is -2.50. The monoisotopic (exact) mass is 418 g/mol. The van der Waals surface area contributed by atoms with E-state index in [1.165, 1.54) is 4.31 Å². The molecule has 1 aliphatic rings. The van der Waals surface area contributed by atoms with Crippen molar-refractivity contribution in [3.8, 4) is 0 Å². The number of benzene rings is 2. The summed E-state index contributed by atoms with van der Waals surface area (Å²) in [7, 11) is -2.14. The zero-order valence-corrected chi connectivity index (χ0v) is 16.7. The van der Waals surface area contributed by atoms with Crippen molar-refractivity contribution in [3.05, 3.63) is 48.5 Å². The zero-order chi connectivity index (χ0) is 20.3. The zero-order valence-electron chi connectivity index (χ0n) is 15.9. The van der Waals surface area contributed by atoms with E-state index in [1.807, 2.05) is 30.3 Å². The number of anilines is 2. The summed E-state index contributed by atoms with van der Waals surface area (Å²) in [5, 5.41) is 7.81. The van der Waals surface area contributed by atoms with E-state index in [-0.39, 0.29) is 16.6 Å². The molecule has 29 heavy (non-hydrogen) atoms. The number of hydroxylamine groups is 1. The minimum absolute atomic E-state index is 0.106. The molecular weight excluding hydrogens is 396 g/mol. The van der Waals surface area contributed by atoms with Gasteiger partial charge in [0.25, 0.3) is 0 Å². The van der Waals surface area contributed by atoms with Gasteiger partial charge >= 0.3 is 0 Å². The van der Waals surface area contributed by atoms with E-state index >= 15 is 0 Å². The summed E-state index contributed by atoms with van der Waals surface area (Å²) in [6.07, 6.45) is 0.916. The second-order valence-corrected chi connectivity index (χ2v) is 8.55.